The number of methoxy groups -OCH3 is 1. The summed E-state index contributed by atoms with van der Waals surface area (Å²) in [6.07, 6.45) is 4.32. The van der Waals surface area contributed by atoms with Gasteiger partial charge >= 0.3 is 23.7 Å². The molecule has 9 atom stereocenters. The first-order valence-electron chi connectivity index (χ1n) is 18.1. The Labute approximate surface area is 325 Å². The summed E-state index contributed by atoms with van der Waals surface area (Å²) in [5, 5.41) is 14.2. The molecule has 0 saturated heterocycles. The summed E-state index contributed by atoms with van der Waals surface area (Å²) >= 11 is 0. The standard InChI is InChI=1S/C41H49NO14/c1-18-13-12-14-19(2)40(50)42-27-17-28(46)30-31(34(27)48)37(55-26(9)45)23(6)38-32(30)39(49)41(10,56-38)52-16-15-29(51-11)20(3)36(54-25(8)44)22(5)33(47)21(4)35(18)53-24(7)43/h12-18,20-22,29,33,35-36,47H,1-11H3,(H,42,50)/t18-,20-,21+,22-,29+,33-,35-,36+,41-/m0/s1. The van der Waals surface area contributed by atoms with E-state index < -0.39 is 106 Å². The van der Waals surface area contributed by atoms with Crippen LogP contribution in [0.15, 0.2) is 47.9 Å². The van der Waals surface area contributed by atoms with Crippen LogP contribution in [0.5, 0.6) is 11.5 Å². The van der Waals surface area contributed by atoms with Crippen LogP contribution in [-0.4, -0.2) is 83.6 Å². The molecule has 4 aliphatic rings. The lowest BCUT2D eigenvalue weighted by Gasteiger charge is -2.38. The molecule has 2 N–H and O–H groups in total. The first kappa shape index (κ1) is 43.3. The summed E-state index contributed by atoms with van der Waals surface area (Å²) in [6, 6.07) is 0. The van der Waals surface area contributed by atoms with Gasteiger partial charge in [0.1, 0.15) is 23.7 Å². The van der Waals surface area contributed by atoms with Crippen molar-refractivity contribution < 1.29 is 67.1 Å². The largest absolute Gasteiger partial charge is 0.462 e. The van der Waals surface area contributed by atoms with Crippen LogP contribution in [-0.2, 0) is 38.1 Å². The van der Waals surface area contributed by atoms with E-state index in [1.165, 1.54) is 53.9 Å². The zero-order chi connectivity index (χ0) is 42.0. The summed E-state index contributed by atoms with van der Waals surface area (Å²) in [5.41, 5.74) is -1.33. The Morgan fingerprint density at radius 3 is 2.04 bits per heavy atom. The second kappa shape index (κ2) is 17.2. The SMILES string of the molecule is CO[C@@H]1C=CO[C@@]2(C)Oc3c(C)c(OC(C)=O)c4c(c3C2=O)C(=O)C=C(NC(=O)C(C)=CC=C[C@H](C)[C@H](OC(C)=O)[C@H](C)[C@H](O)[C@H](C)[C@H](OC(C)=O)[C@H]1C)C4=O. The molecule has 0 fully saturated rings. The lowest BCUT2D eigenvalue weighted by molar-refractivity contribution is -0.164. The van der Waals surface area contributed by atoms with Crippen LogP contribution >= 0.6 is 0 Å². The molecular formula is C41H49NO14. The third-order valence-corrected chi connectivity index (χ3v) is 10.3. The molecule has 15 heteroatoms. The minimum atomic E-state index is -2.09. The molecule has 56 heavy (non-hydrogen) atoms. The van der Waals surface area contributed by atoms with Crippen molar-refractivity contribution in [2.24, 2.45) is 23.7 Å². The second-order valence-electron chi connectivity index (χ2n) is 14.5. The molecule has 0 unspecified atom stereocenters. The van der Waals surface area contributed by atoms with Gasteiger partial charge in [-0.15, -0.1) is 0 Å². The molecule has 5 bridgehead atoms. The van der Waals surface area contributed by atoms with E-state index in [9.17, 15) is 38.7 Å². The fraction of sp³-hybridized carbons (Fsp3) is 0.488. The van der Waals surface area contributed by atoms with E-state index in [1.54, 1.807) is 39.8 Å². The van der Waals surface area contributed by atoms with Crippen LogP contribution in [0.1, 0.15) is 99.0 Å². The molecule has 0 aromatic heterocycles. The fourth-order valence-electron chi connectivity index (χ4n) is 7.27. The normalized spacial score (nSPS) is 29.7. The van der Waals surface area contributed by atoms with E-state index in [4.69, 9.17) is 28.4 Å². The van der Waals surface area contributed by atoms with Gasteiger partial charge in [0.25, 0.3) is 11.7 Å². The lowest BCUT2D eigenvalue weighted by Crippen LogP contribution is -2.47. The van der Waals surface area contributed by atoms with Crippen LogP contribution in [0, 0.1) is 30.6 Å². The molecule has 3 aliphatic heterocycles. The fourth-order valence-corrected chi connectivity index (χ4v) is 7.27. The van der Waals surface area contributed by atoms with Crippen molar-refractivity contribution in [3.63, 3.8) is 0 Å². The second-order valence-corrected chi connectivity index (χ2v) is 14.5. The quantitative estimate of drug-likeness (QED) is 0.321. The number of nitrogens with one attached hydrogen (secondary N) is 1. The minimum absolute atomic E-state index is 0.0506. The Kier molecular flexibility index (Phi) is 13.3. The van der Waals surface area contributed by atoms with Crippen molar-refractivity contribution in [1.29, 1.82) is 0 Å². The Hall–Kier alpha value is -5.41. The smallest absolute Gasteiger partial charge is 0.312 e. The number of hydrogen-bond donors (Lipinski definition) is 2. The number of esters is 3. The van der Waals surface area contributed by atoms with E-state index in [2.05, 4.69) is 5.32 Å². The number of carbonyl (C=O) groups is 7. The molecule has 1 aromatic rings. The number of benzene rings is 1. The Bertz CT molecular complexity index is 1960. The van der Waals surface area contributed by atoms with Gasteiger partial charge < -0.3 is 38.8 Å². The van der Waals surface area contributed by atoms with Crippen molar-refractivity contribution in [3.05, 3.63) is 70.2 Å². The number of fused-ring (bicyclic) bond motifs is 14. The summed E-state index contributed by atoms with van der Waals surface area (Å²) in [4.78, 5) is 92.2. The molecule has 302 valence electrons. The van der Waals surface area contributed by atoms with E-state index in [0.717, 1.165) is 19.3 Å². The zero-order valence-corrected chi connectivity index (χ0v) is 33.3. The van der Waals surface area contributed by atoms with Crippen LogP contribution in [0.4, 0.5) is 0 Å². The van der Waals surface area contributed by atoms with Gasteiger partial charge in [0, 0.05) is 75.7 Å². The van der Waals surface area contributed by atoms with Gasteiger partial charge in [-0.2, -0.15) is 0 Å². The average Bonchev–Trinajstić information content (AvgIpc) is 3.38. The third kappa shape index (κ3) is 8.68. The molecule has 0 radical (unpaired) electrons. The van der Waals surface area contributed by atoms with Crippen molar-refractivity contribution in [3.8, 4) is 11.5 Å². The Morgan fingerprint density at radius 1 is 0.839 bits per heavy atom. The number of ketones is 3. The summed E-state index contributed by atoms with van der Waals surface area (Å²) in [5.74, 6) is -10.5. The molecule has 1 aliphatic carbocycles. The highest BCUT2D eigenvalue weighted by molar-refractivity contribution is 6.31. The molecule has 5 rings (SSSR count). The summed E-state index contributed by atoms with van der Waals surface area (Å²) in [6.45, 7) is 14.7. The maximum absolute atomic E-state index is 14.1. The number of aliphatic hydroxyl groups is 1. The molecule has 1 amide bonds. The number of allylic oxidation sites excluding steroid dienone is 4. The number of ether oxygens (including phenoxy) is 6. The average molecular weight is 780 g/mol. The molecule has 1 aromatic carbocycles. The van der Waals surface area contributed by atoms with Gasteiger partial charge in [-0.25, -0.2) is 0 Å². The van der Waals surface area contributed by atoms with E-state index in [1.807, 2.05) is 0 Å². The van der Waals surface area contributed by atoms with E-state index in [-0.39, 0.29) is 33.8 Å². The first-order chi connectivity index (χ1) is 26.1. The predicted octanol–water partition coefficient (Wildman–Crippen LogP) is 4.42. The van der Waals surface area contributed by atoms with Gasteiger partial charge in [-0.3, -0.25) is 33.6 Å². The maximum Gasteiger partial charge on any atom is 0.312 e. The molecule has 0 spiro atoms. The molecule has 3 heterocycles. The van der Waals surface area contributed by atoms with Gasteiger partial charge in [-0.05, 0) is 19.9 Å². The highest BCUT2D eigenvalue weighted by Gasteiger charge is 2.52. The number of amides is 1. The van der Waals surface area contributed by atoms with E-state index in [0.29, 0.717) is 0 Å². The third-order valence-electron chi connectivity index (χ3n) is 10.3. The number of Topliss-reactive ketones (excluding diaryl/α,β-unsaturated/α-hetero) is 2. The summed E-state index contributed by atoms with van der Waals surface area (Å²) < 4.78 is 34.5. The van der Waals surface area contributed by atoms with Crippen molar-refractivity contribution >= 4 is 41.2 Å². The van der Waals surface area contributed by atoms with Gasteiger partial charge in [0.2, 0.25) is 5.78 Å². The number of hydrogen-bond acceptors (Lipinski definition) is 14. The molecule has 15 nitrogen and oxygen atoms in total. The lowest BCUT2D eigenvalue weighted by atomic mass is 9.78. The maximum atomic E-state index is 14.1. The van der Waals surface area contributed by atoms with Crippen LogP contribution in [0.3, 0.4) is 0 Å². The highest BCUT2D eigenvalue weighted by Crippen LogP contribution is 2.48. The van der Waals surface area contributed by atoms with Crippen LogP contribution in [0.2, 0.25) is 0 Å². The Morgan fingerprint density at radius 2 is 1.45 bits per heavy atom. The highest BCUT2D eigenvalue weighted by atomic mass is 16.7. The predicted molar refractivity (Wildman–Crippen MR) is 198 cm³/mol. The number of aliphatic hydroxyl groups excluding tert-OH is 1. The topological polar surface area (TPSA) is 207 Å². The van der Waals surface area contributed by atoms with Crippen LogP contribution in [0.25, 0.3) is 0 Å². The molecular weight excluding hydrogens is 730 g/mol. The van der Waals surface area contributed by atoms with Crippen molar-refractivity contribution in [1.82, 2.24) is 5.32 Å². The summed E-state index contributed by atoms with van der Waals surface area (Å²) in [7, 11) is 1.41. The number of carbonyl (C=O) groups excluding carboxylic acids is 7. The Balaban J connectivity index is 1.90. The van der Waals surface area contributed by atoms with Crippen molar-refractivity contribution in [2.75, 3.05) is 7.11 Å². The van der Waals surface area contributed by atoms with Gasteiger partial charge in [-0.1, -0.05) is 45.9 Å². The number of rotatable bonds is 4. The minimum Gasteiger partial charge on any atom is -0.462 e. The van der Waals surface area contributed by atoms with Crippen molar-refractivity contribution in [2.45, 2.75) is 99.4 Å². The molecule has 0 saturated carbocycles. The zero-order valence-electron chi connectivity index (χ0n) is 33.3. The van der Waals surface area contributed by atoms with Crippen LogP contribution < -0.4 is 14.8 Å². The van der Waals surface area contributed by atoms with Gasteiger partial charge in [0.05, 0.1) is 40.9 Å². The first-order valence-corrected chi connectivity index (χ1v) is 18.1. The van der Waals surface area contributed by atoms with Gasteiger partial charge in [0.15, 0.2) is 5.78 Å². The monoisotopic (exact) mass is 779 g/mol. The van der Waals surface area contributed by atoms with E-state index >= 15 is 0 Å².